The fourth-order valence-corrected chi connectivity index (χ4v) is 4.14. The third kappa shape index (κ3) is 2.66. The van der Waals surface area contributed by atoms with Crippen molar-refractivity contribution in [1.29, 1.82) is 0 Å². The van der Waals surface area contributed by atoms with Crippen molar-refractivity contribution in [3.63, 3.8) is 0 Å². The summed E-state index contributed by atoms with van der Waals surface area (Å²) in [5, 5.41) is 4.92. The molecule has 0 bridgehead atoms. The number of nitrogen functional groups attached to an aromatic ring is 1. The van der Waals surface area contributed by atoms with Crippen molar-refractivity contribution in [2.24, 2.45) is 0 Å². The highest BCUT2D eigenvalue weighted by Gasteiger charge is 2.36. The second kappa shape index (κ2) is 5.53. The van der Waals surface area contributed by atoms with Crippen LogP contribution in [-0.4, -0.2) is 22.6 Å². The molecule has 1 aromatic heterocycles. The van der Waals surface area contributed by atoms with Gasteiger partial charge in [0.1, 0.15) is 10.8 Å². The minimum Gasteiger partial charge on any atom is -0.383 e. The molecule has 1 aromatic rings. The molecule has 0 spiro atoms. The molecule has 1 saturated carbocycles. The van der Waals surface area contributed by atoms with Gasteiger partial charge >= 0.3 is 0 Å². The zero-order chi connectivity index (χ0) is 14.2. The summed E-state index contributed by atoms with van der Waals surface area (Å²) in [7, 11) is 0. The van der Waals surface area contributed by atoms with Gasteiger partial charge in [0.15, 0.2) is 0 Å². The Morgan fingerprint density at radius 2 is 2.10 bits per heavy atom. The molecule has 3 N–H and O–H groups in total. The van der Waals surface area contributed by atoms with Crippen LogP contribution in [0.3, 0.4) is 0 Å². The molecule has 1 unspecified atom stereocenters. The Hall–Kier alpha value is -0.810. The number of nitrogens with two attached hydrogens (primary N) is 1. The van der Waals surface area contributed by atoms with Gasteiger partial charge in [0, 0.05) is 18.2 Å². The van der Waals surface area contributed by atoms with Crippen molar-refractivity contribution in [2.75, 3.05) is 17.7 Å². The van der Waals surface area contributed by atoms with Crippen LogP contribution in [0.4, 0.5) is 10.8 Å². The molecule has 2 heterocycles. The second-order valence-electron chi connectivity index (χ2n) is 6.16. The highest BCUT2D eigenvalue weighted by atomic mass is 32.1. The van der Waals surface area contributed by atoms with Crippen LogP contribution in [0.15, 0.2) is 0 Å². The molecule has 1 aliphatic carbocycles. The fraction of sp³-hybridized carbons (Fsp3) is 0.800. The second-order valence-corrected chi connectivity index (χ2v) is 6.93. The lowest BCUT2D eigenvalue weighted by Crippen LogP contribution is -2.43. The number of hydrogen-bond donors (Lipinski definition) is 2. The predicted molar refractivity (Wildman–Crippen MR) is 84.4 cm³/mol. The van der Waals surface area contributed by atoms with Crippen LogP contribution in [0.2, 0.25) is 0 Å². The van der Waals surface area contributed by atoms with Crippen molar-refractivity contribution in [3.8, 4) is 0 Å². The van der Waals surface area contributed by atoms with E-state index in [2.05, 4.69) is 23.5 Å². The van der Waals surface area contributed by atoms with E-state index in [9.17, 15) is 0 Å². The van der Waals surface area contributed by atoms with Crippen molar-refractivity contribution in [2.45, 2.75) is 69.9 Å². The van der Waals surface area contributed by atoms with E-state index in [1.165, 1.54) is 34.9 Å². The maximum atomic E-state index is 6.05. The van der Waals surface area contributed by atoms with Gasteiger partial charge in [0.2, 0.25) is 0 Å². The predicted octanol–water partition coefficient (Wildman–Crippen LogP) is 3.75. The molecular weight excluding hydrogens is 270 g/mol. The van der Waals surface area contributed by atoms with E-state index in [0.717, 1.165) is 38.1 Å². The van der Waals surface area contributed by atoms with Crippen molar-refractivity contribution < 1.29 is 4.74 Å². The highest BCUT2D eigenvalue weighted by Crippen LogP contribution is 2.48. The average Bonchev–Trinajstić information content (AvgIpc) is 3.24. The Balaban J connectivity index is 1.71. The lowest BCUT2D eigenvalue weighted by atomic mass is 9.86. The van der Waals surface area contributed by atoms with Gasteiger partial charge in [-0.3, -0.25) is 0 Å². The van der Waals surface area contributed by atoms with Crippen molar-refractivity contribution >= 4 is 22.4 Å². The van der Waals surface area contributed by atoms with Gasteiger partial charge in [-0.15, -0.1) is 0 Å². The van der Waals surface area contributed by atoms with E-state index in [0.29, 0.717) is 12.0 Å². The number of rotatable bonds is 5. The number of ether oxygens (including phenoxy) is 1. The summed E-state index contributed by atoms with van der Waals surface area (Å²) in [4.78, 5) is 0. The van der Waals surface area contributed by atoms with Crippen LogP contribution in [0.1, 0.15) is 63.9 Å². The molecule has 112 valence electrons. The summed E-state index contributed by atoms with van der Waals surface area (Å²) < 4.78 is 10.4. The Bertz CT molecular complexity index is 466. The monoisotopic (exact) mass is 295 g/mol. The first-order chi connectivity index (χ1) is 9.67. The summed E-state index contributed by atoms with van der Waals surface area (Å²) in [6, 6.07) is 0.487. The van der Waals surface area contributed by atoms with Gasteiger partial charge in [-0.05, 0) is 56.0 Å². The molecule has 0 aromatic carbocycles. The smallest absolute Gasteiger partial charge is 0.142 e. The summed E-state index contributed by atoms with van der Waals surface area (Å²) >= 11 is 1.53. The minimum atomic E-state index is 0.0614. The SMILES string of the molecule is CCC1(CC)CC(Nc2snc(N)c2C2CC2)CCO1. The van der Waals surface area contributed by atoms with E-state index in [-0.39, 0.29) is 5.60 Å². The maximum Gasteiger partial charge on any atom is 0.142 e. The fourth-order valence-electron chi connectivity index (χ4n) is 3.26. The molecule has 0 radical (unpaired) electrons. The van der Waals surface area contributed by atoms with Crippen LogP contribution < -0.4 is 11.1 Å². The van der Waals surface area contributed by atoms with E-state index in [4.69, 9.17) is 10.5 Å². The van der Waals surface area contributed by atoms with Crippen LogP contribution in [-0.2, 0) is 4.74 Å². The topological polar surface area (TPSA) is 60.2 Å². The van der Waals surface area contributed by atoms with Gasteiger partial charge in [-0.2, -0.15) is 4.37 Å². The Morgan fingerprint density at radius 1 is 1.35 bits per heavy atom. The number of nitrogens with zero attached hydrogens (tertiary/aromatic N) is 1. The van der Waals surface area contributed by atoms with Crippen LogP contribution in [0, 0.1) is 0 Å². The molecule has 1 saturated heterocycles. The Labute approximate surface area is 125 Å². The maximum absolute atomic E-state index is 6.05. The standard InChI is InChI=1S/C15H25N3OS/c1-3-15(4-2)9-11(7-8-19-15)17-14-12(10-5-6-10)13(16)18-20-14/h10-11,17H,3-9H2,1-2H3,(H2,16,18). The molecule has 1 atom stereocenters. The molecule has 4 nitrogen and oxygen atoms in total. The van der Waals surface area contributed by atoms with Crippen molar-refractivity contribution in [1.82, 2.24) is 4.37 Å². The summed E-state index contributed by atoms with van der Waals surface area (Å²) in [6.07, 6.45) is 6.85. The van der Waals surface area contributed by atoms with E-state index < -0.39 is 0 Å². The summed E-state index contributed by atoms with van der Waals surface area (Å²) in [5.74, 6) is 1.39. The summed E-state index contributed by atoms with van der Waals surface area (Å²) in [6.45, 7) is 5.31. The van der Waals surface area contributed by atoms with Gasteiger partial charge in [0.25, 0.3) is 0 Å². The minimum absolute atomic E-state index is 0.0614. The van der Waals surface area contributed by atoms with Gasteiger partial charge in [0.05, 0.1) is 5.60 Å². The third-order valence-corrected chi connectivity index (χ3v) is 5.67. The average molecular weight is 295 g/mol. The lowest BCUT2D eigenvalue weighted by molar-refractivity contribution is -0.0864. The normalized spacial score (nSPS) is 25.6. The lowest BCUT2D eigenvalue weighted by Gasteiger charge is -2.40. The Morgan fingerprint density at radius 3 is 2.75 bits per heavy atom. The first kappa shape index (κ1) is 14.1. The van der Waals surface area contributed by atoms with Gasteiger partial charge < -0.3 is 15.8 Å². The third-order valence-electron chi connectivity index (χ3n) is 4.86. The van der Waals surface area contributed by atoms with E-state index in [1.54, 1.807) is 0 Å². The first-order valence-corrected chi connectivity index (χ1v) is 8.60. The van der Waals surface area contributed by atoms with Crippen LogP contribution >= 0.6 is 11.5 Å². The van der Waals surface area contributed by atoms with Crippen molar-refractivity contribution in [3.05, 3.63) is 5.56 Å². The number of hydrogen-bond acceptors (Lipinski definition) is 5. The summed E-state index contributed by atoms with van der Waals surface area (Å²) in [5.41, 5.74) is 7.37. The highest BCUT2D eigenvalue weighted by molar-refractivity contribution is 7.10. The zero-order valence-corrected chi connectivity index (χ0v) is 13.3. The van der Waals surface area contributed by atoms with Gasteiger partial charge in [-0.25, -0.2) is 0 Å². The molecule has 2 fully saturated rings. The largest absolute Gasteiger partial charge is 0.383 e. The first-order valence-electron chi connectivity index (χ1n) is 7.83. The van der Waals surface area contributed by atoms with E-state index in [1.807, 2.05) is 0 Å². The molecule has 5 heteroatoms. The number of nitrogens with one attached hydrogen (secondary N) is 1. The van der Waals surface area contributed by atoms with Gasteiger partial charge in [-0.1, -0.05) is 13.8 Å². The van der Waals surface area contributed by atoms with Crippen LogP contribution in [0.25, 0.3) is 0 Å². The zero-order valence-electron chi connectivity index (χ0n) is 12.4. The molecule has 1 aliphatic heterocycles. The molecule has 3 rings (SSSR count). The Kier molecular flexibility index (Phi) is 3.91. The van der Waals surface area contributed by atoms with Crippen LogP contribution in [0.5, 0.6) is 0 Å². The molecule has 2 aliphatic rings. The number of anilines is 2. The number of aromatic nitrogens is 1. The molecule has 20 heavy (non-hydrogen) atoms. The van der Waals surface area contributed by atoms with E-state index >= 15 is 0 Å². The molecular formula is C15H25N3OS. The quantitative estimate of drug-likeness (QED) is 0.868. The molecule has 0 amide bonds.